The zero-order chi connectivity index (χ0) is 11.1. The Morgan fingerprint density at radius 1 is 1.36 bits per heavy atom. The lowest BCUT2D eigenvalue weighted by Crippen LogP contribution is -2.35. The molecule has 4 heteroatoms. The van der Waals surface area contributed by atoms with Crippen molar-refractivity contribution in [1.82, 2.24) is 0 Å². The summed E-state index contributed by atoms with van der Waals surface area (Å²) in [6.45, 7) is 4.55. The molecule has 0 saturated carbocycles. The Bertz CT molecular complexity index is 171. The maximum absolute atomic E-state index is 11.1. The number of hydrogen-bond donors (Lipinski definition) is 1. The molecule has 14 heavy (non-hydrogen) atoms. The van der Waals surface area contributed by atoms with Crippen molar-refractivity contribution < 1.29 is 14.3 Å². The third-order valence-electron chi connectivity index (χ3n) is 2.47. The maximum Gasteiger partial charge on any atom is 0.305 e. The fourth-order valence-electron chi connectivity index (χ4n) is 1.57. The van der Waals surface area contributed by atoms with Crippen molar-refractivity contribution in [3.05, 3.63) is 0 Å². The van der Waals surface area contributed by atoms with Crippen molar-refractivity contribution in [3.63, 3.8) is 0 Å². The zero-order valence-electron chi connectivity index (χ0n) is 9.45. The molecule has 0 fully saturated rings. The molecule has 0 amide bonds. The van der Waals surface area contributed by atoms with Crippen molar-refractivity contribution in [3.8, 4) is 0 Å². The van der Waals surface area contributed by atoms with Crippen LogP contribution in [0.1, 0.15) is 20.3 Å². The molecule has 0 spiro atoms. The smallest absolute Gasteiger partial charge is 0.305 e. The van der Waals surface area contributed by atoms with Gasteiger partial charge in [-0.3, -0.25) is 4.79 Å². The predicted octanol–water partition coefficient (Wildman–Crippen LogP) is 0.795. The van der Waals surface area contributed by atoms with E-state index in [1.54, 1.807) is 7.11 Å². The van der Waals surface area contributed by atoms with Gasteiger partial charge in [0.05, 0.1) is 13.5 Å². The van der Waals surface area contributed by atoms with Crippen LogP contribution in [0.2, 0.25) is 0 Å². The van der Waals surface area contributed by atoms with Crippen molar-refractivity contribution in [2.24, 2.45) is 17.6 Å². The molecule has 0 aromatic rings. The Labute approximate surface area is 85.8 Å². The number of rotatable bonds is 6. The first-order valence-corrected chi connectivity index (χ1v) is 4.84. The molecule has 4 nitrogen and oxygen atoms in total. The summed E-state index contributed by atoms with van der Waals surface area (Å²) in [5.74, 6) is 0.164. The number of methoxy groups -OCH3 is 2. The number of carbonyl (C=O) groups excluding carboxylic acids is 1. The molecular weight excluding hydrogens is 182 g/mol. The number of carbonyl (C=O) groups is 1. The molecule has 0 heterocycles. The summed E-state index contributed by atoms with van der Waals surface area (Å²) < 4.78 is 9.67. The van der Waals surface area contributed by atoms with Crippen molar-refractivity contribution in [1.29, 1.82) is 0 Å². The molecular formula is C10H21NO3. The van der Waals surface area contributed by atoms with E-state index >= 15 is 0 Å². The van der Waals surface area contributed by atoms with Crippen LogP contribution in [0.4, 0.5) is 0 Å². The van der Waals surface area contributed by atoms with Crippen LogP contribution in [0.5, 0.6) is 0 Å². The molecule has 0 bridgehead atoms. The normalized spacial score (nSPS) is 17.2. The Kier molecular flexibility index (Phi) is 6.49. The summed E-state index contributed by atoms with van der Waals surface area (Å²) in [4.78, 5) is 11.1. The average Bonchev–Trinajstić information content (AvgIpc) is 2.13. The molecule has 0 aliphatic rings. The van der Waals surface area contributed by atoms with E-state index in [1.165, 1.54) is 7.11 Å². The molecule has 3 atom stereocenters. The van der Waals surface area contributed by atoms with E-state index in [4.69, 9.17) is 10.5 Å². The molecule has 84 valence electrons. The Hall–Kier alpha value is -0.610. The molecule has 0 aromatic heterocycles. The van der Waals surface area contributed by atoms with Gasteiger partial charge in [0.2, 0.25) is 0 Å². The minimum atomic E-state index is -0.213. The molecule has 0 rings (SSSR count). The van der Waals surface area contributed by atoms with Gasteiger partial charge in [-0.1, -0.05) is 6.92 Å². The number of ether oxygens (including phenoxy) is 2. The summed E-state index contributed by atoms with van der Waals surface area (Å²) in [7, 11) is 3.04. The summed E-state index contributed by atoms with van der Waals surface area (Å²) in [5.41, 5.74) is 5.81. The van der Waals surface area contributed by atoms with Gasteiger partial charge in [-0.15, -0.1) is 0 Å². The van der Waals surface area contributed by atoms with Crippen LogP contribution in [0.15, 0.2) is 0 Å². The quantitative estimate of drug-likeness (QED) is 0.648. The highest BCUT2D eigenvalue weighted by Crippen LogP contribution is 2.19. The standard InChI is InChI=1S/C10H21NO3/c1-7(6-13-3)9(8(2)11)5-10(12)14-4/h7-9H,5-6,11H2,1-4H3. The largest absolute Gasteiger partial charge is 0.469 e. The van der Waals surface area contributed by atoms with Crippen LogP contribution in [0, 0.1) is 11.8 Å². The van der Waals surface area contributed by atoms with Crippen molar-refractivity contribution in [2.45, 2.75) is 26.3 Å². The molecule has 0 saturated heterocycles. The highest BCUT2D eigenvalue weighted by molar-refractivity contribution is 5.69. The van der Waals surface area contributed by atoms with E-state index in [0.717, 1.165) is 0 Å². The fraction of sp³-hybridized carbons (Fsp3) is 0.900. The van der Waals surface area contributed by atoms with Gasteiger partial charge < -0.3 is 15.2 Å². The van der Waals surface area contributed by atoms with E-state index in [-0.39, 0.29) is 23.8 Å². The second kappa shape index (κ2) is 6.79. The second-order valence-electron chi connectivity index (χ2n) is 3.74. The van der Waals surface area contributed by atoms with Gasteiger partial charge in [0, 0.05) is 19.8 Å². The second-order valence-corrected chi connectivity index (χ2v) is 3.74. The minimum absolute atomic E-state index is 0.0285. The van der Waals surface area contributed by atoms with E-state index in [2.05, 4.69) is 4.74 Å². The molecule has 0 radical (unpaired) electrons. The lowest BCUT2D eigenvalue weighted by molar-refractivity contribution is -0.142. The van der Waals surface area contributed by atoms with Gasteiger partial charge in [0.25, 0.3) is 0 Å². The predicted molar refractivity (Wildman–Crippen MR) is 54.8 cm³/mol. The highest BCUT2D eigenvalue weighted by Gasteiger charge is 2.24. The molecule has 2 N–H and O–H groups in total. The summed E-state index contributed by atoms with van der Waals surface area (Å²) in [6.07, 6.45) is 0.360. The third-order valence-corrected chi connectivity index (χ3v) is 2.47. The fourth-order valence-corrected chi connectivity index (χ4v) is 1.57. The van der Waals surface area contributed by atoms with Gasteiger partial charge in [-0.25, -0.2) is 0 Å². The van der Waals surface area contributed by atoms with Gasteiger partial charge >= 0.3 is 5.97 Å². The molecule has 0 aliphatic carbocycles. The Morgan fingerprint density at radius 2 is 1.93 bits per heavy atom. The van der Waals surface area contributed by atoms with Gasteiger partial charge in [-0.2, -0.15) is 0 Å². The topological polar surface area (TPSA) is 61.5 Å². The lowest BCUT2D eigenvalue weighted by Gasteiger charge is -2.25. The van der Waals surface area contributed by atoms with E-state index < -0.39 is 0 Å². The van der Waals surface area contributed by atoms with Gasteiger partial charge in [-0.05, 0) is 18.8 Å². The van der Waals surface area contributed by atoms with Crippen LogP contribution in [0.3, 0.4) is 0 Å². The first kappa shape index (κ1) is 13.4. The SMILES string of the molecule is COCC(C)C(CC(=O)OC)C(C)N. The maximum atomic E-state index is 11.1. The van der Waals surface area contributed by atoms with E-state index in [1.807, 2.05) is 13.8 Å². The van der Waals surface area contributed by atoms with Crippen LogP contribution >= 0.6 is 0 Å². The van der Waals surface area contributed by atoms with Crippen LogP contribution < -0.4 is 5.73 Å². The number of nitrogens with two attached hydrogens (primary N) is 1. The van der Waals surface area contributed by atoms with Gasteiger partial charge in [0.15, 0.2) is 0 Å². The lowest BCUT2D eigenvalue weighted by atomic mass is 9.86. The minimum Gasteiger partial charge on any atom is -0.469 e. The summed E-state index contributed by atoms with van der Waals surface area (Å²) in [5, 5.41) is 0. The average molecular weight is 203 g/mol. The number of esters is 1. The first-order valence-electron chi connectivity index (χ1n) is 4.84. The highest BCUT2D eigenvalue weighted by atomic mass is 16.5. The van der Waals surface area contributed by atoms with Crippen LogP contribution in [-0.4, -0.2) is 32.8 Å². The Balaban J connectivity index is 4.21. The third kappa shape index (κ3) is 4.58. The zero-order valence-corrected chi connectivity index (χ0v) is 9.45. The summed E-state index contributed by atoms with van der Waals surface area (Å²) in [6, 6.07) is -0.0285. The first-order chi connectivity index (χ1) is 6.52. The Morgan fingerprint density at radius 3 is 2.29 bits per heavy atom. The van der Waals surface area contributed by atoms with Crippen LogP contribution in [0.25, 0.3) is 0 Å². The van der Waals surface area contributed by atoms with Crippen LogP contribution in [-0.2, 0) is 14.3 Å². The van der Waals surface area contributed by atoms with E-state index in [9.17, 15) is 4.79 Å². The molecule has 3 unspecified atom stereocenters. The summed E-state index contributed by atoms with van der Waals surface area (Å²) >= 11 is 0. The van der Waals surface area contributed by atoms with Crippen molar-refractivity contribution >= 4 is 5.97 Å². The monoisotopic (exact) mass is 203 g/mol. The van der Waals surface area contributed by atoms with E-state index in [0.29, 0.717) is 13.0 Å². The molecule has 0 aliphatic heterocycles. The van der Waals surface area contributed by atoms with Gasteiger partial charge in [0.1, 0.15) is 0 Å². The molecule has 0 aromatic carbocycles. The van der Waals surface area contributed by atoms with Crippen molar-refractivity contribution in [2.75, 3.05) is 20.8 Å². The number of hydrogen-bond acceptors (Lipinski definition) is 4.